The van der Waals surface area contributed by atoms with Crippen LogP contribution in [-0.4, -0.2) is 40.8 Å². The van der Waals surface area contributed by atoms with Gasteiger partial charge in [-0.15, -0.1) is 0 Å². The van der Waals surface area contributed by atoms with Gasteiger partial charge in [0, 0.05) is 0 Å². The summed E-state index contributed by atoms with van der Waals surface area (Å²) in [5.74, 6) is -5.38. The lowest BCUT2D eigenvalue weighted by atomic mass is 9.60. The molecule has 226 valence electrons. The van der Waals surface area contributed by atoms with E-state index < -0.39 is 71.2 Å². The third-order valence-corrected chi connectivity index (χ3v) is 10.8. The minimum absolute atomic E-state index is 0.0554. The predicted molar refractivity (Wildman–Crippen MR) is 122 cm³/mol. The van der Waals surface area contributed by atoms with E-state index in [9.17, 15) is 49.4 Å². The van der Waals surface area contributed by atoms with Crippen LogP contribution in [-0.2, 0) is 9.53 Å². The van der Waals surface area contributed by atoms with Gasteiger partial charge in [-0.25, -0.2) is 0 Å². The largest absolute Gasteiger partial charge is 0.459 e. The normalized spacial score (nSPS) is 40.9. The zero-order chi connectivity index (χ0) is 29.7. The molecule has 0 amide bonds. The van der Waals surface area contributed by atoms with E-state index in [2.05, 4.69) is 0 Å². The fraction of sp³-hybridized carbons (Fsp3) is 0.963. The van der Waals surface area contributed by atoms with Crippen LogP contribution in [0, 0.1) is 58.7 Å². The van der Waals surface area contributed by atoms with Crippen LogP contribution in [0.15, 0.2) is 0 Å². The summed E-state index contributed by atoms with van der Waals surface area (Å²) in [7, 11) is 0. The average molecular weight is 581 g/mol. The third-order valence-electron chi connectivity index (χ3n) is 10.8. The quantitative estimate of drug-likeness (QED) is 0.268. The van der Waals surface area contributed by atoms with Crippen LogP contribution in [0.5, 0.6) is 0 Å². The second-order valence-corrected chi connectivity index (χ2v) is 13.8. The van der Waals surface area contributed by atoms with Crippen molar-refractivity contribution >= 4 is 5.97 Å². The Balaban J connectivity index is 1.54. The molecule has 0 radical (unpaired) electrons. The lowest BCUT2D eigenvalue weighted by molar-refractivity contribution is -0.373. The molecule has 3 nitrogen and oxygen atoms in total. The Kier molecular flexibility index (Phi) is 7.21. The first kappa shape index (κ1) is 30.8. The minimum Gasteiger partial charge on any atom is -0.459 e. The molecule has 0 aromatic rings. The topological polar surface area (TPSA) is 46.5 Å². The molecule has 4 saturated carbocycles. The molecular formula is C27H37F9O3. The van der Waals surface area contributed by atoms with Gasteiger partial charge in [-0.2, -0.15) is 39.5 Å². The van der Waals surface area contributed by atoms with E-state index in [-0.39, 0.29) is 48.9 Å². The van der Waals surface area contributed by atoms with Crippen LogP contribution in [0.2, 0.25) is 0 Å². The van der Waals surface area contributed by atoms with Crippen LogP contribution in [0.1, 0.15) is 73.1 Å². The van der Waals surface area contributed by atoms with Crippen molar-refractivity contribution in [2.45, 2.75) is 103 Å². The molecule has 0 spiro atoms. The summed E-state index contributed by atoms with van der Waals surface area (Å²) in [5.41, 5.74) is -8.54. The van der Waals surface area contributed by atoms with Crippen molar-refractivity contribution in [1.29, 1.82) is 0 Å². The Bertz CT molecular complexity index is 934. The first-order valence-electron chi connectivity index (χ1n) is 13.6. The van der Waals surface area contributed by atoms with Gasteiger partial charge in [-0.1, -0.05) is 13.8 Å². The Labute approximate surface area is 222 Å². The molecule has 4 aliphatic carbocycles. The minimum atomic E-state index is -5.88. The standard InChI is InChI=1S/C27H37F9O3/c1-12-15-8-20(23(10-15,25(28,29)30)21(37)39-22(3,4)5)19(12)9-18-13(2)17-7-14(18)6-16(17)11-24(38,26(31,32)33)27(34,35)36/h12-20,38H,6-11H2,1-5H3. The summed E-state index contributed by atoms with van der Waals surface area (Å²) >= 11 is 0. The van der Waals surface area contributed by atoms with Gasteiger partial charge >= 0.3 is 24.5 Å². The molecule has 0 aromatic carbocycles. The molecule has 12 heteroatoms. The Morgan fingerprint density at radius 2 is 1.41 bits per heavy atom. The number of fused-ring (bicyclic) bond motifs is 4. The molecule has 0 aromatic heterocycles. The van der Waals surface area contributed by atoms with Crippen molar-refractivity contribution in [2.75, 3.05) is 0 Å². The smallest absolute Gasteiger partial charge is 0.426 e. The van der Waals surface area contributed by atoms with Crippen molar-refractivity contribution in [3.63, 3.8) is 0 Å². The fourth-order valence-electron chi connectivity index (χ4n) is 8.93. The highest BCUT2D eigenvalue weighted by molar-refractivity contribution is 5.79. The van der Waals surface area contributed by atoms with E-state index in [1.165, 1.54) is 20.8 Å². The summed E-state index contributed by atoms with van der Waals surface area (Å²) in [6.45, 7) is 8.14. The first-order chi connectivity index (χ1) is 17.4. The zero-order valence-electron chi connectivity index (χ0n) is 22.6. The zero-order valence-corrected chi connectivity index (χ0v) is 22.6. The summed E-state index contributed by atoms with van der Waals surface area (Å²) < 4.78 is 129. The molecule has 4 fully saturated rings. The van der Waals surface area contributed by atoms with Gasteiger partial charge in [0.2, 0.25) is 0 Å². The number of halogens is 9. The van der Waals surface area contributed by atoms with Crippen LogP contribution in [0.3, 0.4) is 0 Å². The Morgan fingerprint density at radius 1 is 0.846 bits per heavy atom. The van der Waals surface area contributed by atoms with Crippen molar-refractivity contribution in [3.05, 3.63) is 0 Å². The molecule has 10 unspecified atom stereocenters. The lowest BCUT2D eigenvalue weighted by Crippen LogP contribution is -2.58. The molecule has 0 heterocycles. The Hall–Kier alpha value is -1.20. The van der Waals surface area contributed by atoms with Crippen molar-refractivity contribution in [1.82, 2.24) is 0 Å². The van der Waals surface area contributed by atoms with Crippen molar-refractivity contribution in [3.8, 4) is 0 Å². The molecule has 1 N–H and O–H groups in total. The van der Waals surface area contributed by atoms with Gasteiger partial charge in [0.1, 0.15) is 5.60 Å². The molecule has 0 saturated heterocycles. The maximum atomic E-state index is 14.6. The van der Waals surface area contributed by atoms with Crippen LogP contribution in [0.25, 0.3) is 0 Å². The number of rotatable bonds is 5. The number of esters is 1. The maximum Gasteiger partial charge on any atom is 0.426 e. The monoisotopic (exact) mass is 580 g/mol. The second kappa shape index (κ2) is 9.15. The molecule has 4 bridgehead atoms. The van der Waals surface area contributed by atoms with Gasteiger partial charge in [0.15, 0.2) is 5.41 Å². The summed E-state index contributed by atoms with van der Waals surface area (Å²) in [6.07, 6.45) is -17.4. The van der Waals surface area contributed by atoms with Crippen LogP contribution in [0.4, 0.5) is 39.5 Å². The van der Waals surface area contributed by atoms with Gasteiger partial charge in [0.05, 0.1) is 0 Å². The van der Waals surface area contributed by atoms with Gasteiger partial charge in [0.25, 0.3) is 5.60 Å². The number of carbonyl (C=O) groups is 1. The van der Waals surface area contributed by atoms with E-state index >= 15 is 0 Å². The average Bonchev–Trinajstić information content (AvgIpc) is 3.45. The highest BCUT2D eigenvalue weighted by atomic mass is 19.4. The van der Waals surface area contributed by atoms with E-state index in [1.807, 2.05) is 6.92 Å². The molecule has 0 aliphatic heterocycles. The molecular weight excluding hydrogens is 543 g/mol. The SMILES string of the molecule is CC1C2CC(CC2CC(O)(C(F)(F)F)C(F)(F)F)C1CC1C(C)C2CC1C(C(=O)OC(C)(C)C)(C(F)(F)F)C2. The van der Waals surface area contributed by atoms with E-state index in [4.69, 9.17) is 4.74 Å². The number of carbonyl (C=O) groups excluding carboxylic acids is 1. The van der Waals surface area contributed by atoms with Crippen molar-refractivity contribution < 1.29 is 54.2 Å². The first-order valence-corrected chi connectivity index (χ1v) is 13.6. The number of hydrogen-bond acceptors (Lipinski definition) is 3. The van der Waals surface area contributed by atoms with Gasteiger partial charge in [-0.05, 0) is 113 Å². The van der Waals surface area contributed by atoms with Crippen LogP contribution >= 0.6 is 0 Å². The summed E-state index contributed by atoms with van der Waals surface area (Å²) in [5, 5.41) is 9.73. The van der Waals surface area contributed by atoms with E-state index in [0.717, 1.165) is 0 Å². The van der Waals surface area contributed by atoms with Gasteiger partial charge in [-0.3, -0.25) is 4.79 Å². The second-order valence-electron chi connectivity index (χ2n) is 13.8. The van der Waals surface area contributed by atoms with Gasteiger partial charge < -0.3 is 9.84 Å². The van der Waals surface area contributed by atoms with E-state index in [1.54, 1.807) is 6.92 Å². The molecule has 39 heavy (non-hydrogen) atoms. The highest BCUT2D eigenvalue weighted by Crippen LogP contribution is 2.69. The number of aliphatic hydroxyl groups is 1. The molecule has 4 rings (SSSR count). The summed E-state index contributed by atoms with van der Waals surface area (Å²) in [6, 6.07) is 0. The molecule has 10 atom stereocenters. The Morgan fingerprint density at radius 3 is 1.85 bits per heavy atom. The predicted octanol–water partition coefficient (Wildman–Crippen LogP) is 7.71. The summed E-state index contributed by atoms with van der Waals surface area (Å²) in [4.78, 5) is 13.1. The lowest BCUT2D eigenvalue weighted by Gasteiger charge is -2.46. The maximum absolute atomic E-state index is 14.6. The number of ether oxygens (including phenoxy) is 1. The third kappa shape index (κ3) is 4.76. The number of hydrogen-bond donors (Lipinski definition) is 1. The van der Waals surface area contributed by atoms with Crippen molar-refractivity contribution in [2.24, 2.45) is 58.7 Å². The van der Waals surface area contributed by atoms with E-state index in [0.29, 0.717) is 12.8 Å². The number of alkyl halides is 9. The highest BCUT2D eigenvalue weighted by Gasteiger charge is 2.75. The molecule has 4 aliphatic rings. The fourth-order valence-corrected chi connectivity index (χ4v) is 8.93. The van der Waals surface area contributed by atoms with Crippen LogP contribution < -0.4 is 0 Å².